The van der Waals surface area contributed by atoms with E-state index in [4.69, 9.17) is 4.74 Å². The van der Waals surface area contributed by atoms with Gasteiger partial charge in [-0.1, -0.05) is 6.92 Å². The second kappa shape index (κ2) is 4.09. The van der Waals surface area contributed by atoms with Gasteiger partial charge in [-0.3, -0.25) is 4.79 Å². The van der Waals surface area contributed by atoms with Gasteiger partial charge in [0.15, 0.2) is 0 Å². The van der Waals surface area contributed by atoms with E-state index in [-0.39, 0.29) is 5.97 Å². The molecule has 0 amide bonds. The fourth-order valence-electron chi connectivity index (χ4n) is 1.26. The molecule has 76 valence electrons. The van der Waals surface area contributed by atoms with Crippen LogP contribution in [0.5, 0.6) is 0 Å². The van der Waals surface area contributed by atoms with Crippen molar-refractivity contribution in [1.29, 1.82) is 0 Å². The van der Waals surface area contributed by atoms with E-state index in [0.717, 1.165) is 18.9 Å². The maximum absolute atomic E-state index is 11.4. The van der Waals surface area contributed by atoms with E-state index in [1.54, 1.807) is 0 Å². The first-order chi connectivity index (χ1) is 6.12. The monoisotopic (exact) mass is 185 g/mol. The molecule has 1 fully saturated rings. The zero-order chi connectivity index (χ0) is 9.90. The van der Waals surface area contributed by atoms with Crippen LogP contribution >= 0.6 is 0 Å². The van der Waals surface area contributed by atoms with Gasteiger partial charge in [0.2, 0.25) is 0 Å². The Labute approximate surface area is 79.8 Å². The standard InChI is InChI=1S/C10H19NO2/c1-4-10(2,9(12)13-3)11-7-8-5-6-8/h8,11H,4-7H2,1-3H3/t10-/m1/s1. The second-order valence-corrected chi connectivity index (χ2v) is 4.00. The van der Waals surface area contributed by atoms with Crippen LogP contribution in [0.15, 0.2) is 0 Å². The number of nitrogens with one attached hydrogen (secondary N) is 1. The first-order valence-corrected chi connectivity index (χ1v) is 4.96. The third-order valence-corrected chi connectivity index (χ3v) is 2.82. The molecule has 0 saturated heterocycles. The van der Waals surface area contributed by atoms with Crippen molar-refractivity contribution in [3.05, 3.63) is 0 Å². The molecule has 13 heavy (non-hydrogen) atoms. The third kappa shape index (κ3) is 2.69. The van der Waals surface area contributed by atoms with Crippen LogP contribution in [0.4, 0.5) is 0 Å². The van der Waals surface area contributed by atoms with Crippen LogP contribution in [0.3, 0.4) is 0 Å². The molecular weight excluding hydrogens is 166 g/mol. The molecule has 0 spiro atoms. The van der Waals surface area contributed by atoms with Crippen molar-refractivity contribution < 1.29 is 9.53 Å². The highest BCUT2D eigenvalue weighted by Gasteiger charge is 2.33. The number of methoxy groups -OCH3 is 1. The maximum atomic E-state index is 11.4. The van der Waals surface area contributed by atoms with Gasteiger partial charge >= 0.3 is 5.97 Å². The largest absolute Gasteiger partial charge is 0.468 e. The van der Waals surface area contributed by atoms with E-state index in [0.29, 0.717) is 0 Å². The lowest BCUT2D eigenvalue weighted by atomic mass is 9.99. The van der Waals surface area contributed by atoms with Crippen molar-refractivity contribution in [3.63, 3.8) is 0 Å². The van der Waals surface area contributed by atoms with Gasteiger partial charge in [0.05, 0.1) is 7.11 Å². The fraction of sp³-hybridized carbons (Fsp3) is 0.900. The van der Waals surface area contributed by atoms with E-state index >= 15 is 0 Å². The molecule has 0 bridgehead atoms. The SMILES string of the molecule is CC[C@@](C)(NCC1CC1)C(=O)OC. The van der Waals surface area contributed by atoms with E-state index in [1.165, 1.54) is 20.0 Å². The summed E-state index contributed by atoms with van der Waals surface area (Å²) in [6, 6.07) is 0. The van der Waals surface area contributed by atoms with Gasteiger partial charge in [-0.15, -0.1) is 0 Å². The number of carbonyl (C=O) groups is 1. The lowest BCUT2D eigenvalue weighted by molar-refractivity contribution is -0.148. The third-order valence-electron chi connectivity index (χ3n) is 2.82. The summed E-state index contributed by atoms with van der Waals surface area (Å²) < 4.78 is 4.76. The zero-order valence-electron chi connectivity index (χ0n) is 8.72. The lowest BCUT2D eigenvalue weighted by Gasteiger charge is -2.26. The first-order valence-electron chi connectivity index (χ1n) is 4.96. The highest BCUT2D eigenvalue weighted by molar-refractivity contribution is 5.80. The van der Waals surface area contributed by atoms with Crippen molar-refractivity contribution in [2.75, 3.05) is 13.7 Å². The van der Waals surface area contributed by atoms with Crippen LogP contribution in [0.2, 0.25) is 0 Å². The quantitative estimate of drug-likeness (QED) is 0.657. The van der Waals surface area contributed by atoms with Crippen LogP contribution < -0.4 is 5.32 Å². The summed E-state index contributed by atoms with van der Waals surface area (Å²) in [6.45, 7) is 4.84. The Morgan fingerprint density at radius 3 is 2.62 bits per heavy atom. The highest BCUT2D eigenvalue weighted by atomic mass is 16.5. The average Bonchev–Trinajstić information content (AvgIpc) is 2.96. The molecule has 1 saturated carbocycles. The summed E-state index contributed by atoms with van der Waals surface area (Å²) in [4.78, 5) is 11.4. The van der Waals surface area contributed by atoms with Crippen LogP contribution in [0.25, 0.3) is 0 Å². The Balaban J connectivity index is 2.40. The smallest absolute Gasteiger partial charge is 0.325 e. The molecule has 1 rings (SSSR count). The Hall–Kier alpha value is -0.570. The van der Waals surface area contributed by atoms with Crippen LogP contribution in [0.1, 0.15) is 33.1 Å². The van der Waals surface area contributed by atoms with Gasteiger partial charge < -0.3 is 10.1 Å². The summed E-state index contributed by atoms with van der Waals surface area (Å²) in [7, 11) is 1.44. The Bertz CT molecular complexity index is 189. The van der Waals surface area contributed by atoms with Crippen molar-refractivity contribution in [3.8, 4) is 0 Å². The molecule has 0 unspecified atom stereocenters. The normalized spacial score (nSPS) is 20.8. The van der Waals surface area contributed by atoms with Gasteiger partial charge in [0.25, 0.3) is 0 Å². The molecule has 0 aromatic heterocycles. The average molecular weight is 185 g/mol. The minimum absolute atomic E-state index is 0.157. The lowest BCUT2D eigenvalue weighted by Crippen LogP contribution is -2.50. The Morgan fingerprint density at radius 1 is 1.62 bits per heavy atom. The van der Waals surface area contributed by atoms with Crippen molar-refractivity contribution in [1.82, 2.24) is 5.32 Å². The minimum Gasteiger partial charge on any atom is -0.468 e. The molecule has 1 aliphatic carbocycles. The first kappa shape index (κ1) is 10.5. The van der Waals surface area contributed by atoms with Crippen molar-refractivity contribution in [2.24, 2.45) is 5.92 Å². The number of carbonyl (C=O) groups excluding carboxylic acids is 1. The Morgan fingerprint density at radius 2 is 2.23 bits per heavy atom. The van der Waals surface area contributed by atoms with Crippen LogP contribution in [-0.2, 0) is 9.53 Å². The van der Waals surface area contributed by atoms with Crippen molar-refractivity contribution >= 4 is 5.97 Å². The second-order valence-electron chi connectivity index (χ2n) is 4.00. The number of rotatable bonds is 5. The summed E-state index contributed by atoms with van der Waals surface area (Å²) >= 11 is 0. The maximum Gasteiger partial charge on any atom is 0.325 e. The molecule has 0 heterocycles. The number of esters is 1. The molecule has 1 atom stereocenters. The van der Waals surface area contributed by atoms with Gasteiger partial charge in [-0.2, -0.15) is 0 Å². The Kier molecular flexibility index (Phi) is 3.31. The van der Waals surface area contributed by atoms with Crippen LogP contribution in [0, 0.1) is 5.92 Å². The molecule has 1 aliphatic rings. The van der Waals surface area contributed by atoms with Gasteiger partial charge in [0.1, 0.15) is 5.54 Å². The predicted octanol–water partition coefficient (Wildman–Crippen LogP) is 1.33. The number of hydrogen-bond acceptors (Lipinski definition) is 3. The topological polar surface area (TPSA) is 38.3 Å². The van der Waals surface area contributed by atoms with Gasteiger partial charge in [0, 0.05) is 0 Å². The van der Waals surface area contributed by atoms with Crippen LogP contribution in [-0.4, -0.2) is 25.2 Å². The highest BCUT2D eigenvalue weighted by Crippen LogP contribution is 2.28. The molecule has 0 aliphatic heterocycles. The molecule has 3 nitrogen and oxygen atoms in total. The molecule has 3 heteroatoms. The molecule has 0 aromatic rings. The fourth-order valence-corrected chi connectivity index (χ4v) is 1.26. The van der Waals surface area contributed by atoms with E-state index in [2.05, 4.69) is 5.32 Å². The van der Waals surface area contributed by atoms with E-state index in [9.17, 15) is 4.79 Å². The molecule has 1 N–H and O–H groups in total. The summed E-state index contributed by atoms with van der Waals surface area (Å²) in [6.07, 6.45) is 3.37. The molecular formula is C10H19NO2. The van der Waals surface area contributed by atoms with E-state index < -0.39 is 5.54 Å². The molecule has 0 radical (unpaired) electrons. The number of ether oxygens (including phenoxy) is 1. The predicted molar refractivity (Wildman–Crippen MR) is 51.4 cm³/mol. The summed E-state index contributed by atoms with van der Waals surface area (Å²) in [5, 5.41) is 3.28. The zero-order valence-corrected chi connectivity index (χ0v) is 8.72. The summed E-state index contributed by atoms with van der Waals surface area (Å²) in [5.41, 5.74) is -0.489. The van der Waals surface area contributed by atoms with Crippen molar-refractivity contribution in [2.45, 2.75) is 38.6 Å². The number of hydrogen-bond donors (Lipinski definition) is 1. The summed E-state index contributed by atoms with van der Waals surface area (Å²) in [5.74, 6) is 0.631. The van der Waals surface area contributed by atoms with Gasteiger partial charge in [-0.05, 0) is 38.6 Å². The van der Waals surface area contributed by atoms with Gasteiger partial charge in [-0.25, -0.2) is 0 Å². The van der Waals surface area contributed by atoms with E-state index in [1.807, 2.05) is 13.8 Å². The molecule has 0 aromatic carbocycles. The minimum atomic E-state index is -0.489.